The van der Waals surface area contributed by atoms with E-state index in [4.69, 9.17) is 9.84 Å². The highest BCUT2D eigenvalue weighted by Crippen LogP contribution is 2.11. The lowest BCUT2D eigenvalue weighted by Gasteiger charge is -2.26. The SMILES string of the molecule is CC(C)N(CCCC(=O)O)CCOc1ccc(F)cc1. The monoisotopic (exact) mass is 283 g/mol. The fourth-order valence-electron chi connectivity index (χ4n) is 1.87. The van der Waals surface area contributed by atoms with Gasteiger partial charge in [-0.25, -0.2) is 4.39 Å². The molecule has 4 nitrogen and oxygen atoms in total. The fourth-order valence-corrected chi connectivity index (χ4v) is 1.87. The number of aliphatic carboxylic acids is 1. The molecule has 0 radical (unpaired) electrons. The van der Waals surface area contributed by atoms with Crippen LogP contribution in [0.3, 0.4) is 0 Å². The number of hydrogen-bond acceptors (Lipinski definition) is 3. The Morgan fingerprint density at radius 1 is 1.30 bits per heavy atom. The summed E-state index contributed by atoms with van der Waals surface area (Å²) >= 11 is 0. The number of carboxylic acid groups (broad SMARTS) is 1. The van der Waals surface area contributed by atoms with E-state index in [0.717, 1.165) is 6.54 Å². The minimum Gasteiger partial charge on any atom is -0.492 e. The maximum Gasteiger partial charge on any atom is 0.303 e. The molecule has 1 N–H and O–H groups in total. The molecule has 0 heterocycles. The smallest absolute Gasteiger partial charge is 0.303 e. The van der Waals surface area contributed by atoms with Crippen molar-refractivity contribution < 1.29 is 19.0 Å². The predicted molar refractivity (Wildman–Crippen MR) is 75.5 cm³/mol. The van der Waals surface area contributed by atoms with E-state index < -0.39 is 5.97 Å². The molecular formula is C15H22FNO3. The largest absolute Gasteiger partial charge is 0.492 e. The van der Waals surface area contributed by atoms with Crippen LogP contribution in [0.15, 0.2) is 24.3 Å². The Kier molecular flexibility index (Phi) is 7.01. The van der Waals surface area contributed by atoms with Gasteiger partial charge in [-0.15, -0.1) is 0 Å². The number of hydrogen-bond donors (Lipinski definition) is 1. The highest BCUT2D eigenvalue weighted by atomic mass is 19.1. The van der Waals surface area contributed by atoms with E-state index in [1.54, 1.807) is 12.1 Å². The Morgan fingerprint density at radius 2 is 1.95 bits per heavy atom. The number of nitrogens with zero attached hydrogens (tertiary/aromatic N) is 1. The van der Waals surface area contributed by atoms with Crippen molar-refractivity contribution in [2.24, 2.45) is 0 Å². The van der Waals surface area contributed by atoms with Crippen LogP contribution in [0.5, 0.6) is 5.75 Å². The molecule has 0 bridgehead atoms. The standard InChI is InChI=1S/C15H22FNO3/c1-12(2)17(9-3-4-15(18)19)10-11-20-14-7-5-13(16)6-8-14/h5-8,12H,3-4,9-11H2,1-2H3,(H,18,19). The first kappa shape index (κ1) is 16.4. The van der Waals surface area contributed by atoms with E-state index >= 15 is 0 Å². The molecule has 1 aromatic carbocycles. The topological polar surface area (TPSA) is 49.8 Å². The highest BCUT2D eigenvalue weighted by molar-refractivity contribution is 5.66. The van der Waals surface area contributed by atoms with E-state index in [0.29, 0.717) is 31.4 Å². The van der Waals surface area contributed by atoms with E-state index in [9.17, 15) is 9.18 Å². The summed E-state index contributed by atoms with van der Waals surface area (Å²) in [6, 6.07) is 6.25. The average Bonchev–Trinajstić information content (AvgIpc) is 2.38. The molecule has 0 aromatic heterocycles. The van der Waals surface area contributed by atoms with Gasteiger partial charge >= 0.3 is 5.97 Å². The van der Waals surface area contributed by atoms with Crippen molar-refractivity contribution in [3.63, 3.8) is 0 Å². The number of ether oxygens (including phenoxy) is 1. The molecule has 112 valence electrons. The maximum atomic E-state index is 12.7. The first-order valence-corrected chi connectivity index (χ1v) is 6.83. The number of halogens is 1. The zero-order chi connectivity index (χ0) is 15.0. The van der Waals surface area contributed by atoms with Crippen LogP contribution in [0, 0.1) is 5.82 Å². The van der Waals surface area contributed by atoms with Crippen LogP contribution in [0.25, 0.3) is 0 Å². The molecule has 0 atom stereocenters. The van der Waals surface area contributed by atoms with Gasteiger partial charge < -0.3 is 9.84 Å². The Balaban J connectivity index is 2.31. The molecule has 0 saturated heterocycles. The van der Waals surface area contributed by atoms with Crippen molar-refractivity contribution in [3.05, 3.63) is 30.1 Å². The van der Waals surface area contributed by atoms with Crippen molar-refractivity contribution in [1.29, 1.82) is 0 Å². The second-order valence-electron chi connectivity index (χ2n) is 4.93. The number of benzene rings is 1. The Morgan fingerprint density at radius 3 is 2.50 bits per heavy atom. The molecule has 1 rings (SSSR count). The second-order valence-corrected chi connectivity index (χ2v) is 4.93. The summed E-state index contributed by atoms with van der Waals surface area (Å²) in [7, 11) is 0. The molecule has 1 aromatic rings. The first-order valence-electron chi connectivity index (χ1n) is 6.83. The molecule has 0 aliphatic rings. The quantitative estimate of drug-likeness (QED) is 0.757. The van der Waals surface area contributed by atoms with Crippen LogP contribution in [-0.4, -0.2) is 41.7 Å². The lowest BCUT2D eigenvalue weighted by molar-refractivity contribution is -0.137. The Labute approximate surface area is 119 Å². The van der Waals surface area contributed by atoms with Crippen LogP contribution in [0.4, 0.5) is 4.39 Å². The van der Waals surface area contributed by atoms with E-state index in [1.807, 2.05) is 0 Å². The van der Waals surface area contributed by atoms with E-state index in [1.165, 1.54) is 12.1 Å². The lowest BCUT2D eigenvalue weighted by atomic mass is 10.2. The summed E-state index contributed by atoms with van der Waals surface area (Å²) in [4.78, 5) is 12.7. The molecular weight excluding hydrogens is 261 g/mol. The summed E-state index contributed by atoms with van der Waals surface area (Å²) in [5.41, 5.74) is 0. The van der Waals surface area contributed by atoms with Crippen LogP contribution in [0.2, 0.25) is 0 Å². The van der Waals surface area contributed by atoms with Crippen molar-refractivity contribution in [2.75, 3.05) is 19.7 Å². The van der Waals surface area contributed by atoms with Gasteiger partial charge in [-0.1, -0.05) is 0 Å². The van der Waals surface area contributed by atoms with Crippen LogP contribution in [0.1, 0.15) is 26.7 Å². The third kappa shape index (κ3) is 6.52. The van der Waals surface area contributed by atoms with Gasteiger partial charge in [0.25, 0.3) is 0 Å². The van der Waals surface area contributed by atoms with Gasteiger partial charge in [-0.2, -0.15) is 0 Å². The summed E-state index contributed by atoms with van der Waals surface area (Å²) < 4.78 is 18.3. The highest BCUT2D eigenvalue weighted by Gasteiger charge is 2.10. The molecule has 0 amide bonds. The van der Waals surface area contributed by atoms with Gasteiger partial charge in [-0.05, 0) is 51.1 Å². The molecule has 0 unspecified atom stereocenters. The van der Waals surface area contributed by atoms with Gasteiger partial charge in [0.15, 0.2) is 0 Å². The van der Waals surface area contributed by atoms with Gasteiger partial charge in [-0.3, -0.25) is 9.69 Å². The Bertz CT molecular complexity index is 406. The zero-order valence-electron chi connectivity index (χ0n) is 12.0. The predicted octanol–water partition coefficient (Wildman–Crippen LogP) is 2.78. The third-order valence-corrected chi connectivity index (χ3v) is 3.03. The van der Waals surface area contributed by atoms with Crippen LogP contribution in [-0.2, 0) is 4.79 Å². The molecule has 5 heteroatoms. The van der Waals surface area contributed by atoms with Gasteiger partial charge in [0.2, 0.25) is 0 Å². The summed E-state index contributed by atoms with van der Waals surface area (Å²) in [5.74, 6) is -0.410. The molecule has 0 fully saturated rings. The van der Waals surface area contributed by atoms with Crippen molar-refractivity contribution in [3.8, 4) is 5.75 Å². The van der Waals surface area contributed by atoms with Crippen LogP contribution < -0.4 is 4.74 Å². The normalized spacial score (nSPS) is 11.1. The number of carboxylic acids is 1. The van der Waals surface area contributed by atoms with Gasteiger partial charge in [0.1, 0.15) is 18.2 Å². The van der Waals surface area contributed by atoms with Crippen molar-refractivity contribution in [1.82, 2.24) is 4.90 Å². The summed E-state index contributed by atoms with van der Waals surface area (Å²) in [6.45, 7) is 6.08. The number of rotatable bonds is 9. The van der Waals surface area contributed by atoms with E-state index in [2.05, 4.69) is 18.7 Å². The molecule has 0 aliphatic carbocycles. The van der Waals surface area contributed by atoms with Crippen molar-refractivity contribution in [2.45, 2.75) is 32.7 Å². The molecule has 0 spiro atoms. The van der Waals surface area contributed by atoms with Crippen molar-refractivity contribution >= 4 is 5.97 Å². The van der Waals surface area contributed by atoms with E-state index in [-0.39, 0.29) is 12.2 Å². The third-order valence-electron chi connectivity index (χ3n) is 3.03. The summed E-state index contributed by atoms with van der Waals surface area (Å²) in [6.07, 6.45) is 0.812. The second kappa shape index (κ2) is 8.53. The molecule has 0 aliphatic heterocycles. The fraction of sp³-hybridized carbons (Fsp3) is 0.533. The first-order chi connectivity index (χ1) is 9.49. The lowest BCUT2D eigenvalue weighted by Crippen LogP contribution is -2.35. The minimum atomic E-state index is -0.767. The number of carbonyl (C=O) groups is 1. The molecule has 0 saturated carbocycles. The average molecular weight is 283 g/mol. The summed E-state index contributed by atoms with van der Waals surface area (Å²) in [5, 5.41) is 8.64. The van der Waals surface area contributed by atoms with Gasteiger partial charge in [0, 0.05) is 19.0 Å². The van der Waals surface area contributed by atoms with Gasteiger partial charge in [0.05, 0.1) is 0 Å². The minimum absolute atomic E-state index is 0.183. The maximum absolute atomic E-state index is 12.7. The van der Waals surface area contributed by atoms with Crippen LogP contribution >= 0.6 is 0 Å². The molecule has 20 heavy (non-hydrogen) atoms. The zero-order valence-corrected chi connectivity index (χ0v) is 12.0. The Hall–Kier alpha value is -1.62.